The van der Waals surface area contributed by atoms with Crippen LogP contribution in [0.15, 0.2) is 27.0 Å². The summed E-state index contributed by atoms with van der Waals surface area (Å²) in [4.78, 5) is 48.4. The number of aryl methyl sites for hydroxylation is 1. The van der Waals surface area contributed by atoms with E-state index >= 15 is 0 Å². The third-order valence-corrected chi connectivity index (χ3v) is 8.25. The number of carboxylic acids is 1. The third kappa shape index (κ3) is 5.24. The van der Waals surface area contributed by atoms with Gasteiger partial charge in [-0.15, -0.1) is 40.0 Å². The predicted octanol–water partition coefficient (Wildman–Crippen LogP) is -0.179. The fourth-order valence-corrected chi connectivity index (χ4v) is 6.28. The van der Waals surface area contributed by atoms with Crippen molar-refractivity contribution in [2.75, 3.05) is 29.4 Å². The lowest BCUT2D eigenvalue weighted by atomic mass is 10.0. The van der Waals surface area contributed by atoms with Gasteiger partial charge in [-0.25, -0.2) is 14.5 Å². The van der Waals surface area contributed by atoms with E-state index in [1.165, 1.54) is 44.9 Å². The highest BCUT2D eigenvalue weighted by atomic mass is 32.2. The number of β-lactam (4-membered cyclic amide) rings is 1. The van der Waals surface area contributed by atoms with Crippen molar-refractivity contribution in [3.63, 3.8) is 0 Å². The number of amides is 2. The van der Waals surface area contributed by atoms with Gasteiger partial charge >= 0.3 is 5.97 Å². The topological polar surface area (TPSA) is 191 Å². The Bertz CT molecular complexity index is 1210. The normalized spacial score (nSPS) is 19.9. The molecule has 0 bridgehead atoms. The Balaban J connectivity index is 1.49. The molecule has 35 heavy (non-hydrogen) atoms. The number of carbonyl (C=O) groups is 3. The van der Waals surface area contributed by atoms with E-state index in [0.717, 1.165) is 11.3 Å². The number of nitrogens with two attached hydrogens (primary N) is 1. The fraction of sp³-hybridized carbons (Fsp3) is 0.412. The summed E-state index contributed by atoms with van der Waals surface area (Å²) in [5, 5.41) is 29.3. The fourth-order valence-electron chi connectivity index (χ4n) is 3.24. The molecular weight excluding hydrogens is 539 g/mol. The van der Waals surface area contributed by atoms with Gasteiger partial charge in [0.2, 0.25) is 5.16 Å². The van der Waals surface area contributed by atoms with Crippen molar-refractivity contribution in [3.8, 4) is 0 Å². The molecule has 1 saturated heterocycles. The predicted molar refractivity (Wildman–Crippen MR) is 132 cm³/mol. The molecular formula is C17H19N9O5S4. The minimum Gasteiger partial charge on any atom is -0.477 e. The Labute approximate surface area is 215 Å². The number of thioether (sulfide) groups is 3. The van der Waals surface area contributed by atoms with Gasteiger partial charge < -0.3 is 21.0 Å². The van der Waals surface area contributed by atoms with Gasteiger partial charge in [-0.05, 0) is 22.3 Å². The number of thiazole rings is 1. The molecule has 0 aromatic carbocycles. The molecule has 2 atom stereocenters. The summed E-state index contributed by atoms with van der Waals surface area (Å²) in [6.45, 7) is 0. The molecule has 0 saturated carbocycles. The third-order valence-electron chi connectivity index (χ3n) is 4.80. The zero-order chi connectivity index (χ0) is 25.1. The highest BCUT2D eigenvalue weighted by Crippen LogP contribution is 2.41. The number of aromatic nitrogens is 5. The van der Waals surface area contributed by atoms with Gasteiger partial charge in [-0.2, -0.15) is 0 Å². The zero-order valence-corrected chi connectivity index (χ0v) is 21.5. The standard InChI is InChI=1S/C17H19N9O5S4/c1-25-17(21-23-24-25)35-4-7-3-33-14-10(13(28)26(14)11(7)15(29)30)20-12(27)9(22-31-6-32-2)8-5-34-16(18)19-8/h5,10,14H,3-4,6H2,1-2H3,(H2,18,19)(H,20,27)(H,29,30)/b22-9-/t10?,14-/m1/s1. The SMILES string of the molecule is CSCO/N=C(\C(=O)NC1C(=O)N2C(C(=O)O)=C(CSc3nnnn3C)CS[C@H]12)c1csc(N)n1. The van der Waals surface area contributed by atoms with Crippen LogP contribution in [0, 0.1) is 0 Å². The van der Waals surface area contributed by atoms with Crippen LogP contribution in [-0.2, 0) is 26.3 Å². The lowest BCUT2D eigenvalue weighted by Gasteiger charge is -2.49. The van der Waals surface area contributed by atoms with Crippen molar-refractivity contribution >= 4 is 75.2 Å². The molecule has 1 fully saturated rings. The number of nitrogen functional groups attached to an aromatic ring is 1. The highest BCUT2D eigenvalue weighted by molar-refractivity contribution is 8.01. The van der Waals surface area contributed by atoms with Crippen molar-refractivity contribution < 1.29 is 24.3 Å². The van der Waals surface area contributed by atoms with Gasteiger partial charge in [-0.1, -0.05) is 16.9 Å². The first kappa shape index (κ1) is 25.3. The van der Waals surface area contributed by atoms with Crippen LogP contribution in [-0.4, -0.2) is 93.8 Å². The number of nitrogens with zero attached hydrogens (tertiary/aromatic N) is 7. The number of hydrogen-bond donors (Lipinski definition) is 3. The van der Waals surface area contributed by atoms with E-state index in [4.69, 9.17) is 10.6 Å². The van der Waals surface area contributed by atoms with Gasteiger partial charge in [0.05, 0.1) is 0 Å². The lowest BCUT2D eigenvalue weighted by molar-refractivity contribution is -0.150. The van der Waals surface area contributed by atoms with Crippen LogP contribution in [0.3, 0.4) is 0 Å². The number of hydrogen-bond acceptors (Lipinski definition) is 14. The van der Waals surface area contributed by atoms with E-state index in [9.17, 15) is 19.5 Å². The Morgan fingerprint density at radius 3 is 2.89 bits per heavy atom. The number of nitrogens with one attached hydrogen (secondary N) is 1. The lowest BCUT2D eigenvalue weighted by Crippen LogP contribution is -2.71. The maximum atomic E-state index is 13.0. The van der Waals surface area contributed by atoms with Crippen molar-refractivity contribution in [2.24, 2.45) is 12.2 Å². The molecule has 2 aliphatic rings. The molecule has 4 rings (SSSR count). The van der Waals surface area contributed by atoms with Crippen LogP contribution >= 0.6 is 46.6 Å². The minimum atomic E-state index is -1.22. The number of carbonyl (C=O) groups excluding carboxylic acids is 2. The van der Waals surface area contributed by atoms with Crippen molar-refractivity contribution in [3.05, 3.63) is 22.3 Å². The monoisotopic (exact) mass is 557 g/mol. The number of fused-ring (bicyclic) bond motifs is 1. The van der Waals surface area contributed by atoms with Crippen molar-refractivity contribution in [1.29, 1.82) is 0 Å². The number of aliphatic carboxylic acids is 1. The zero-order valence-electron chi connectivity index (χ0n) is 18.3. The molecule has 2 aromatic heterocycles. The number of tetrazole rings is 1. The van der Waals surface area contributed by atoms with Crippen LogP contribution in [0.25, 0.3) is 0 Å². The Kier molecular flexibility index (Phi) is 7.82. The molecule has 4 heterocycles. The van der Waals surface area contributed by atoms with E-state index in [2.05, 4.69) is 31.0 Å². The maximum Gasteiger partial charge on any atom is 0.352 e. The van der Waals surface area contributed by atoms with Crippen LogP contribution in [0.5, 0.6) is 0 Å². The smallest absolute Gasteiger partial charge is 0.352 e. The second-order valence-electron chi connectivity index (χ2n) is 7.04. The molecule has 186 valence electrons. The number of rotatable bonds is 10. The quantitative estimate of drug-likeness (QED) is 0.0871. The van der Waals surface area contributed by atoms with Gasteiger partial charge in [0.1, 0.15) is 22.8 Å². The van der Waals surface area contributed by atoms with Gasteiger partial charge in [0.25, 0.3) is 11.8 Å². The number of oxime groups is 1. The average molecular weight is 558 g/mol. The maximum absolute atomic E-state index is 13.0. The van der Waals surface area contributed by atoms with E-state index in [1.807, 2.05) is 6.26 Å². The summed E-state index contributed by atoms with van der Waals surface area (Å²) in [5.41, 5.74) is 6.25. The van der Waals surface area contributed by atoms with Crippen LogP contribution < -0.4 is 11.1 Å². The molecule has 4 N–H and O–H groups in total. The van der Waals surface area contributed by atoms with Gasteiger partial charge in [0, 0.05) is 23.9 Å². The molecule has 14 nitrogen and oxygen atoms in total. The van der Waals surface area contributed by atoms with E-state index in [-0.39, 0.29) is 28.2 Å². The summed E-state index contributed by atoms with van der Waals surface area (Å²) >= 11 is 5.13. The van der Waals surface area contributed by atoms with E-state index in [1.54, 1.807) is 12.4 Å². The van der Waals surface area contributed by atoms with E-state index in [0.29, 0.717) is 22.2 Å². The van der Waals surface area contributed by atoms with Gasteiger partial charge in [0.15, 0.2) is 16.8 Å². The largest absolute Gasteiger partial charge is 0.477 e. The second kappa shape index (κ2) is 10.8. The Morgan fingerprint density at radius 1 is 1.46 bits per heavy atom. The molecule has 0 radical (unpaired) electrons. The summed E-state index contributed by atoms with van der Waals surface area (Å²) < 4.78 is 1.47. The Morgan fingerprint density at radius 2 is 2.26 bits per heavy atom. The van der Waals surface area contributed by atoms with Crippen LogP contribution in [0.2, 0.25) is 0 Å². The first-order valence-electron chi connectivity index (χ1n) is 9.78. The first-order chi connectivity index (χ1) is 16.8. The molecule has 0 aliphatic carbocycles. The summed E-state index contributed by atoms with van der Waals surface area (Å²) in [6, 6.07) is -0.930. The first-order valence-corrected chi connectivity index (χ1v) is 14.1. The number of anilines is 1. The molecule has 1 unspecified atom stereocenters. The van der Waals surface area contributed by atoms with Gasteiger partial charge in [-0.3, -0.25) is 14.5 Å². The summed E-state index contributed by atoms with van der Waals surface area (Å²) in [5.74, 6) is -1.55. The molecule has 18 heteroatoms. The average Bonchev–Trinajstić information content (AvgIpc) is 3.45. The van der Waals surface area contributed by atoms with Crippen LogP contribution in [0.4, 0.5) is 5.13 Å². The van der Waals surface area contributed by atoms with Crippen molar-refractivity contribution in [1.82, 2.24) is 35.4 Å². The van der Waals surface area contributed by atoms with Crippen LogP contribution in [0.1, 0.15) is 5.69 Å². The Hall–Kier alpha value is -2.83. The van der Waals surface area contributed by atoms with E-state index < -0.39 is 29.2 Å². The minimum absolute atomic E-state index is 0.0867. The summed E-state index contributed by atoms with van der Waals surface area (Å²) in [7, 11) is 1.68. The van der Waals surface area contributed by atoms with Crippen molar-refractivity contribution in [2.45, 2.75) is 16.6 Å². The molecule has 0 spiro atoms. The number of carboxylic acid groups (broad SMARTS) is 1. The molecule has 2 amide bonds. The second-order valence-corrected chi connectivity index (χ2v) is 10.8. The molecule has 2 aromatic rings. The molecule has 2 aliphatic heterocycles. The highest BCUT2D eigenvalue weighted by Gasteiger charge is 2.54. The summed E-state index contributed by atoms with van der Waals surface area (Å²) in [6.07, 6.45) is 1.81.